The Kier molecular flexibility index (Phi) is 6.73. The lowest BCUT2D eigenvalue weighted by molar-refractivity contribution is -0.137. The zero-order valence-corrected chi connectivity index (χ0v) is 20.1. The van der Waals surface area contributed by atoms with Crippen LogP contribution < -0.4 is 9.47 Å². The van der Waals surface area contributed by atoms with E-state index in [1.54, 1.807) is 13.8 Å². The molecule has 12 nitrogen and oxygen atoms in total. The molecule has 4 rings (SSSR count). The lowest BCUT2D eigenvalue weighted by Gasteiger charge is -2.34. The Labute approximate surface area is 215 Å². The number of carbonyl (C=O) groups is 2. The number of phenolic OH excluding ortho intramolecular Hbond substituents is 7. The van der Waals surface area contributed by atoms with Gasteiger partial charge in [-0.3, -0.25) is 4.79 Å². The molecule has 0 spiro atoms. The fraction of sp³-hybridized carbons (Fsp3) is 0.231. The van der Waals surface area contributed by atoms with Crippen LogP contribution in [0.2, 0.25) is 0 Å². The summed E-state index contributed by atoms with van der Waals surface area (Å²) >= 11 is 0. The molecule has 2 atom stereocenters. The smallest absolute Gasteiger partial charge is 0.338 e. The van der Waals surface area contributed by atoms with Gasteiger partial charge in [0.1, 0.15) is 23.4 Å². The number of phenols is 7. The molecule has 12 heteroatoms. The molecule has 0 amide bonds. The molecule has 200 valence electrons. The van der Waals surface area contributed by atoms with Crippen LogP contribution in [0.25, 0.3) is 0 Å². The average Bonchev–Trinajstić information content (AvgIpc) is 2.84. The maximum absolute atomic E-state index is 13.1. The van der Waals surface area contributed by atoms with Gasteiger partial charge in [-0.15, -0.1) is 0 Å². The van der Waals surface area contributed by atoms with Crippen molar-refractivity contribution < 1.29 is 59.5 Å². The van der Waals surface area contributed by atoms with E-state index in [4.69, 9.17) is 14.2 Å². The molecule has 7 N–H and O–H groups in total. The van der Waals surface area contributed by atoms with E-state index in [0.29, 0.717) is 0 Å². The van der Waals surface area contributed by atoms with Crippen molar-refractivity contribution in [3.05, 3.63) is 53.1 Å². The Morgan fingerprint density at radius 3 is 2.11 bits per heavy atom. The predicted octanol–water partition coefficient (Wildman–Crippen LogP) is 3.09. The highest BCUT2D eigenvalue weighted by Gasteiger charge is 2.37. The Morgan fingerprint density at radius 2 is 1.47 bits per heavy atom. The third-order valence-electron chi connectivity index (χ3n) is 5.82. The first-order valence-corrected chi connectivity index (χ1v) is 11.3. The van der Waals surface area contributed by atoms with Crippen LogP contribution in [0.3, 0.4) is 0 Å². The maximum Gasteiger partial charge on any atom is 0.338 e. The second-order valence-electron chi connectivity index (χ2n) is 8.95. The van der Waals surface area contributed by atoms with Crippen molar-refractivity contribution in [2.75, 3.05) is 0 Å². The number of esters is 2. The SMILES string of the molecule is CC(C)C(=O)Oc1cc(C(=O)OC2Cc3c(O)cc(O)cc3O[C@@H]2c2cc(O)c(O)c(O)c2)cc(O)c1O. The fourth-order valence-corrected chi connectivity index (χ4v) is 3.84. The van der Waals surface area contributed by atoms with Gasteiger partial charge in [0.15, 0.2) is 34.9 Å². The number of aromatic hydroxyl groups is 7. The summed E-state index contributed by atoms with van der Waals surface area (Å²) in [5.74, 6) is -7.10. The van der Waals surface area contributed by atoms with Crippen molar-refractivity contribution in [3.63, 3.8) is 0 Å². The van der Waals surface area contributed by atoms with E-state index < -0.39 is 64.6 Å². The third-order valence-corrected chi connectivity index (χ3v) is 5.82. The van der Waals surface area contributed by atoms with Crippen molar-refractivity contribution in [2.24, 2.45) is 5.92 Å². The topological polar surface area (TPSA) is 203 Å². The van der Waals surface area contributed by atoms with Gasteiger partial charge >= 0.3 is 11.9 Å². The molecule has 0 bridgehead atoms. The number of rotatable bonds is 5. The summed E-state index contributed by atoms with van der Waals surface area (Å²) in [5.41, 5.74) is -0.0453. The molecule has 38 heavy (non-hydrogen) atoms. The number of benzene rings is 3. The fourth-order valence-electron chi connectivity index (χ4n) is 3.84. The van der Waals surface area contributed by atoms with Crippen molar-refractivity contribution >= 4 is 11.9 Å². The van der Waals surface area contributed by atoms with E-state index in [1.165, 1.54) is 6.07 Å². The van der Waals surface area contributed by atoms with Crippen LogP contribution in [0.1, 0.15) is 41.4 Å². The van der Waals surface area contributed by atoms with Gasteiger partial charge in [-0.05, 0) is 24.3 Å². The summed E-state index contributed by atoms with van der Waals surface area (Å²) in [6, 6.07) is 6.32. The Hall–Kier alpha value is -5.00. The number of hydrogen-bond acceptors (Lipinski definition) is 12. The van der Waals surface area contributed by atoms with Gasteiger partial charge in [0.05, 0.1) is 11.5 Å². The van der Waals surface area contributed by atoms with Crippen molar-refractivity contribution in [1.82, 2.24) is 0 Å². The minimum Gasteiger partial charge on any atom is -0.508 e. The Balaban J connectivity index is 1.71. The molecule has 0 aromatic heterocycles. The Bertz CT molecular complexity index is 1410. The highest BCUT2D eigenvalue weighted by atomic mass is 16.6. The quantitative estimate of drug-likeness (QED) is 0.145. The van der Waals surface area contributed by atoms with Gasteiger partial charge < -0.3 is 50.0 Å². The number of ether oxygens (including phenoxy) is 3. The summed E-state index contributed by atoms with van der Waals surface area (Å²) in [4.78, 5) is 25.1. The van der Waals surface area contributed by atoms with E-state index in [0.717, 1.165) is 30.3 Å². The first-order valence-electron chi connectivity index (χ1n) is 11.3. The van der Waals surface area contributed by atoms with Crippen LogP contribution in [0.5, 0.6) is 51.7 Å². The van der Waals surface area contributed by atoms with Crippen LogP contribution >= 0.6 is 0 Å². The van der Waals surface area contributed by atoms with E-state index in [9.17, 15) is 45.3 Å². The summed E-state index contributed by atoms with van der Waals surface area (Å²) < 4.78 is 16.5. The minimum absolute atomic E-state index is 0.0389. The summed E-state index contributed by atoms with van der Waals surface area (Å²) in [6.07, 6.45) is -2.58. The van der Waals surface area contributed by atoms with Crippen LogP contribution in [0.15, 0.2) is 36.4 Å². The largest absolute Gasteiger partial charge is 0.508 e. The minimum atomic E-state index is -1.22. The molecule has 1 aliphatic heterocycles. The first kappa shape index (κ1) is 26.1. The molecule has 0 saturated carbocycles. The maximum atomic E-state index is 13.1. The summed E-state index contributed by atoms with van der Waals surface area (Å²) in [7, 11) is 0. The van der Waals surface area contributed by atoms with Crippen molar-refractivity contribution in [3.8, 4) is 51.7 Å². The van der Waals surface area contributed by atoms with Crippen molar-refractivity contribution in [2.45, 2.75) is 32.5 Å². The summed E-state index contributed by atoms with van der Waals surface area (Å²) in [5, 5.41) is 70.0. The van der Waals surface area contributed by atoms with E-state index in [1.807, 2.05) is 0 Å². The zero-order chi connectivity index (χ0) is 27.9. The molecule has 0 fully saturated rings. The number of fused-ring (bicyclic) bond motifs is 1. The second kappa shape index (κ2) is 9.81. The lowest BCUT2D eigenvalue weighted by Crippen LogP contribution is -2.34. The van der Waals surface area contributed by atoms with Crippen molar-refractivity contribution in [1.29, 1.82) is 0 Å². The van der Waals surface area contributed by atoms with E-state index >= 15 is 0 Å². The first-order chi connectivity index (χ1) is 17.8. The number of carbonyl (C=O) groups excluding carboxylic acids is 2. The zero-order valence-electron chi connectivity index (χ0n) is 20.1. The Morgan fingerprint density at radius 1 is 0.842 bits per heavy atom. The standard InChI is InChI=1S/C26H24O12/c1-10(2)25(34)37-20-6-12(5-18(31)23(20)33)26(35)38-21-9-14-15(28)7-13(27)8-19(14)36-24(21)11-3-16(29)22(32)17(30)4-11/h3-8,10,21,24,27-33H,9H2,1-2H3/t21?,24-/m1/s1. The molecule has 3 aromatic carbocycles. The molecule has 3 aromatic rings. The second-order valence-corrected chi connectivity index (χ2v) is 8.95. The van der Waals surface area contributed by atoms with Crippen LogP contribution in [0, 0.1) is 5.92 Å². The lowest BCUT2D eigenvalue weighted by atomic mass is 9.93. The molecule has 0 radical (unpaired) electrons. The van der Waals surface area contributed by atoms with Crippen LogP contribution in [-0.4, -0.2) is 53.8 Å². The van der Waals surface area contributed by atoms with E-state index in [-0.39, 0.29) is 40.4 Å². The normalized spacial score (nSPS) is 16.4. The molecular weight excluding hydrogens is 504 g/mol. The van der Waals surface area contributed by atoms with Gasteiger partial charge in [0, 0.05) is 29.7 Å². The van der Waals surface area contributed by atoms with Crippen LogP contribution in [0.4, 0.5) is 0 Å². The molecule has 0 saturated heterocycles. The van der Waals surface area contributed by atoms with Gasteiger partial charge in [-0.1, -0.05) is 13.8 Å². The third kappa shape index (κ3) is 4.96. The molecule has 1 aliphatic rings. The van der Waals surface area contributed by atoms with Gasteiger partial charge in [-0.2, -0.15) is 0 Å². The molecule has 0 aliphatic carbocycles. The summed E-state index contributed by atoms with van der Waals surface area (Å²) in [6.45, 7) is 3.10. The monoisotopic (exact) mass is 528 g/mol. The van der Waals surface area contributed by atoms with Gasteiger partial charge in [0.25, 0.3) is 0 Å². The predicted molar refractivity (Wildman–Crippen MR) is 128 cm³/mol. The van der Waals surface area contributed by atoms with Gasteiger partial charge in [0.2, 0.25) is 5.75 Å². The van der Waals surface area contributed by atoms with E-state index in [2.05, 4.69) is 0 Å². The molecular formula is C26H24O12. The van der Waals surface area contributed by atoms with Gasteiger partial charge in [-0.25, -0.2) is 4.79 Å². The average molecular weight is 528 g/mol. The number of hydrogen-bond donors (Lipinski definition) is 7. The highest BCUT2D eigenvalue weighted by Crippen LogP contribution is 2.46. The molecule has 1 heterocycles. The molecule has 1 unspecified atom stereocenters. The van der Waals surface area contributed by atoms with Crippen LogP contribution in [-0.2, 0) is 16.0 Å². The highest BCUT2D eigenvalue weighted by molar-refractivity contribution is 5.91.